The lowest BCUT2D eigenvalue weighted by Gasteiger charge is -2.05. The van der Waals surface area contributed by atoms with Crippen molar-refractivity contribution in [3.63, 3.8) is 0 Å². The van der Waals surface area contributed by atoms with Crippen LogP contribution < -0.4 is 9.47 Å². The van der Waals surface area contributed by atoms with Gasteiger partial charge >= 0.3 is 0 Å². The molecule has 1 aromatic carbocycles. The molecule has 0 bridgehead atoms. The first kappa shape index (κ1) is 9.02. The first-order valence-corrected chi connectivity index (χ1v) is 4.32. The summed E-state index contributed by atoms with van der Waals surface area (Å²) in [6, 6.07) is 4.91. The SMILES string of the molecule is O=Cc1ccc2c(c1)OCC(O)CO2. The predicted octanol–water partition coefficient (Wildman–Crippen LogP) is 0.631. The van der Waals surface area contributed by atoms with E-state index in [9.17, 15) is 9.90 Å². The van der Waals surface area contributed by atoms with Crippen molar-refractivity contribution in [2.75, 3.05) is 13.2 Å². The molecular weight excluding hydrogens is 184 g/mol. The minimum Gasteiger partial charge on any atom is -0.487 e. The lowest BCUT2D eigenvalue weighted by molar-refractivity contribution is 0.0802. The average Bonchev–Trinajstić information content (AvgIpc) is 2.40. The molecule has 0 spiro atoms. The summed E-state index contributed by atoms with van der Waals surface area (Å²) >= 11 is 0. The van der Waals surface area contributed by atoms with Gasteiger partial charge in [-0.1, -0.05) is 0 Å². The van der Waals surface area contributed by atoms with Gasteiger partial charge in [0.15, 0.2) is 11.5 Å². The highest BCUT2D eigenvalue weighted by atomic mass is 16.5. The van der Waals surface area contributed by atoms with E-state index in [-0.39, 0.29) is 13.2 Å². The van der Waals surface area contributed by atoms with Crippen LogP contribution in [0, 0.1) is 0 Å². The van der Waals surface area contributed by atoms with Crippen LogP contribution in [0.15, 0.2) is 18.2 Å². The molecule has 0 saturated carbocycles. The Bertz CT molecular complexity index is 348. The van der Waals surface area contributed by atoms with Crippen LogP contribution in [0.2, 0.25) is 0 Å². The number of aliphatic hydroxyl groups excluding tert-OH is 1. The molecule has 0 radical (unpaired) electrons. The van der Waals surface area contributed by atoms with Crippen molar-refractivity contribution in [3.05, 3.63) is 23.8 Å². The molecule has 1 heterocycles. The van der Waals surface area contributed by atoms with Crippen LogP contribution in [-0.2, 0) is 0 Å². The second kappa shape index (κ2) is 3.67. The Hall–Kier alpha value is -1.55. The van der Waals surface area contributed by atoms with Gasteiger partial charge in [-0.3, -0.25) is 4.79 Å². The van der Waals surface area contributed by atoms with Crippen molar-refractivity contribution >= 4 is 6.29 Å². The maximum absolute atomic E-state index is 10.5. The van der Waals surface area contributed by atoms with Crippen LogP contribution in [0.1, 0.15) is 10.4 Å². The molecule has 1 N–H and O–H groups in total. The molecule has 0 aliphatic carbocycles. The number of ether oxygens (including phenoxy) is 2. The van der Waals surface area contributed by atoms with Crippen molar-refractivity contribution in [1.82, 2.24) is 0 Å². The molecule has 0 aromatic heterocycles. The fourth-order valence-corrected chi connectivity index (χ4v) is 1.25. The average molecular weight is 194 g/mol. The third-order valence-electron chi connectivity index (χ3n) is 1.97. The molecule has 0 fully saturated rings. The van der Waals surface area contributed by atoms with Crippen LogP contribution in [0.4, 0.5) is 0 Å². The number of aldehydes is 1. The summed E-state index contributed by atoms with van der Waals surface area (Å²) in [4.78, 5) is 10.5. The van der Waals surface area contributed by atoms with E-state index in [1.807, 2.05) is 0 Å². The molecular formula is C10H10O4. The van der Waals surface area contributed by atoms with E-state index in [0.717, 1.165) is 6.29 Å². The summed E-state index contributed by atoms with van der Waals surface area (Å²) in [7, 11) is 0. The molecule has 74 valence electrons. The molecule has 1 aromatic rings. The Kier molecular flexibility index (Phi) is 2.37. The van der Waals surface area contributed by atoms with Crippen LogP contribution in [0.3, 0.4) is 0 Å². The number of carbonyl (C=O) groups excluding carboxylic acids is 1. The number of carbonyl (C=O) groups is 1. The molecule has 1 aliphatic rings. The summed E-state index contributed by atoms with van der Waals surface area (Å²) in [5.41, 5.74) is 0.531. The Balaban J connectivity index is 2.31. The fraction of sp³-hybridized carbons (Fsp3) is 0.300. The summed E-state index contributed by atoms with van der Waals surface area (Å²) < 4.78 is 10.5. The standard InChI is InChI=1S/C10H10O4/c11-4-7-1-2-9-10(3-7)14-6-8(12)5-13-9/h1-4,8,12H,5-6H2. The Morgan fingerprint density at radius 3 is 2.71 bits per heavy atom. The smallest absolute Gasteiger partial charge is 0.162 e. The number of hydrogen-bond donors (Lipinski definition) is 1. The van der Waals surface area contributed by atoms with Gasteiger partial charge in [0.1, 0.15) is 25.6 Å². The van der Waals surface area contributed by atoms with Crippen LogP contribution >= 0.6 is 0 Å². The molecule has 1 unspecified atom stereocenters. The Morgan fingerprint density at radius 2 is 2.00 bits per heavy atom. The van der Waals surface area contributed by atoms with Crippen molar-refractivity contribution in [1.29, 1.82) is 0 Å². The van der Waals surface area contributed by atoms with E-state index in [1.54, 1.807) is 18.2 Å². The van der Waals surface area contributed by atoms with E-state index < -0.39 is 6.10 Å². The molecule has 4 nitrogen and oxygen atoms in total. The first-order valence-electron chi connectivity index (χ1n) is 4.32. The molecule has 2 rings (SSSR count). The van der Waals surface area contributed by atoms with Crippen molar-refractivity contribution in [3.8, 4) is 11.5 Å². The van der Waals surface area contributed by atoms with E-state index in [4.69, 9.17) is 9.47 Å². The zero-order valence-corrected chi connectivity index (χ0v) is 7.47. The van der Waals surface area contributed by atoms with Crippen molar-refractivity contribution in [2.24, 2.45) is 0 Å². The maximum Gasteiger partial charge on any atom is 0.162 e. The van der Waals surface area contributed by atoms with E-state index in [1.165, 1.54) is 0 Å². The topological polar surface area (TPSA) is 55.8 Å². The zero-order valence-electron chi connectivity index (χ0n) is 7.47. The summed E-state index contributed by atoms with van der Waals surface area (Å²) in [6.07, 6.45) is 0.118. The third-order valence-corrected chi connectivity index (χ3v) is 1.97. The molecule has 14 heavy (non-hydrogen) atoms. The van der Waals surface area contributed by atoms with Gasteiger partial charge in [-0.15, -0.1) is 0 Å². The van der Waals surface area contributed by atoms with Gasteiger partial charge in [-0.2, -0.15) is 0 Å². The molecule has 4 heteroatoms. The van der Waals surface area contributed by atoms with Gasteiger partial charge in [0, 0.05) is 5.56 Å². The Labute approximate surface area is 81.1 Å². The van der Waals surface area contributed by atoms with Gasteiger partial charge in [0.05, 0.1) is 0 Å². The molecule has 1 atom stereocenters. The van der Waals surface area contributed by atoms with Gasteiger partial charge in [0.25, 0.3) is 0 Å². The highest BCUT2D eigenvalue weighted by molar-refractivity contribution is 5.76. The minimum absolute atomic E-state index is 0.190. The van der Waals surface area contributed by atoms with Crippen molar-refractivity contribution < 1.29 is 19.4 Å². The predicted molar refractivity (Wildman–Crippen MR) is 48.8 cm³/mol. The van der Waals surface area contributed by atoms with E-state index in [0.29, 0.717) is 17.1 Å². The van der Waals surface area contributed by atoms with Crippen molar-refractivity contribution in [2.45, 2.75) is 6.10 Å². The van der Waals surface area contributed by atoms with Crippen LogP contribution in [0.25, 0.3) is 0 Å². The van der Waals surface area contributed by atoms with Gasteiger partial charge in [-0.05, 0) is 18.2 Å². The summed E-state index contributed by atoms with van der Waals surface area (Å²) in [5, 5.41) is 9.27. The highest BCUT2D eigenvalue weighted by Gasteiger charge is 2.15. The second-order valence-corrected chi connectivity index (χ2v) is 3.10. The van der Waals surface area contributed by atoms with E-state index >= 15 is 0 Å². The van der Waals surface area contributed by atoms with Gasteiger partial charge in [0.2, 0.25) is 0 Å². The molecule has 0 saturated heterocycles. The zero-order chi connectivity index (χ0) is 9.97. The highest BCUT2D eigenvalue weighted by Crippen LogP contribution is 2.29. The van der Waals surface area contributed by atoms with E-state index in [2.05, 4.69) is 0 Å². The summed E-state index contributed by atoms with van der Waals surface area (Å²) in [6.45, 7) is 0.406. The number of aliphatic hydroxyl groups is 1. The maximum atomic E-state index is 10.5. The largest absolute Gasteiger partial charge is 0.487 e. The normalized spacial score (nSPS) is 19.9. The molecule has 0 amide bonds. The number of rotatable bonds is 1. The summed E-state index contributed by atoms with van der Waals surface area (Å²) in [5.74, 6) is 1.07. The fourth-order valence-electron chi connectivity index (χ4n) is 1.25. The number of fused-ring (bicyclic) bond motifs is 1. The second-order valence-electron chi connectivity index (χ2n) is 3.10. The lowest BCUT2D eigenvalue weighted by Crippen LogP contribution is -2.21. The Morgan fingerprint density at radius 1 is 1.29 bits per heavy atom. The molecule has 1 aliphatic heterocycles. The first-order chi connectivity index (χ1) is 6.79. The minimum atomic E-state index is -0.623. The van der Waals surface area contributed by atoms with Crippen LogP contribution in [0.5, 0.6) is 11.5 Å². The quantitative estimate of drug-likeness (QED) is 0.666. The third kappa shape index (κ3) is 1.70. The number of benzene rings is 1. The van der Waals surface area contributed by atoms with Crippen LogP contribution in [-0.4, -0.2) is 30.7 Å². The lowest BCUT2D eigenvalue weighted by atomic mass is 10.2. The monoisotopic (exact) mass is 194 g/mol. The van der Waals surface area contributed by atoms with Gasteiger partial charge in [-0.25, -0.2) is 0 Å². The van der Waals surface area contributed by atoms with Gasteiger partial charge < -0.3 is 14.6 Å². The number of hydrogen-bond acceptors (Lipinski definition) is 4.